The van der Waals surface area contributed by atoms with Crippen molar-refractivity contribution in [1.29, 1.82) is 0 Å². The van der Waals surface area contributed by atoms with Crippen LogP contribution in [0, 0.1) is 0 Å². The number of nitrogens with one attached hydrogen (secondary N) is 1. The van der Waals surface area contributed by atoms with Crippen LogP contribution in [0.4, 0.5) is 0 Å². The molecule has 2 amide bonds. The van der Waals surface area contributed by atoms with E-state index < -0.39 is 27.9 Å². The topological polar surface area (TPSA) is 119 Å². The number of amides is 2. The van der Waals surface area contributed by atoms with Gasteiger partial charge in [-0.3, -0.25) is 9.59 Å². The first kappa shape index (κ1) is 21.4. The number of primary amides is 1. The number of nitrogens with zero attached hydrogens (tertiary/aromatic N) is 1. The first-order valence-corrected chi connectivity index (χ1v) is 11.1. The maximum absolute atomic E-state index is 13.0. The van der Waals surface area contributed by atoms with Crippen LogP contribution in [-0.2, 0) is 19.6 Å². The summed E-state index contributed by atoms with van der Waals surface area (Å²) in [5, 5.41) is 2.57. The van der Waals surface area contributed by atoms with Gasteiger partial charge in [0.15, 0.2) is 0 Å². The van der Waals surface area contributed by atoms with E-state index in [1.54, 1.807) is 30.3 Å². The lowest BCUT2D eigenvalue weighted by molar-refractivity contribution is -0.120. The zero-order valence-corrected chi connectivity index (χ0v) is 17.8. The molecule has 1 saturated heterocycles. The Kier molecular flexibility index (Phi) is 6.68. The van der Waals surface area contributed by atoms with E-state index in [0.29, 0.717) is 23.2 Å². The molecule has 154 valence electrons. The number of ether oxygens (including phenoxy) is 1. The van der Waals surface area contributed by atoms with Crippen molar-refractivity contribution in [2.45, 2.75) is 10.9 Å². The van der Waals surface area contributed by atoms with Crippen molar-refractivity contribution >= 4 is 37.8 Å². The highest BCUT2D eigenvalue weighted by Gasteiger charge is 2.29. The SMILES string of the molecule is NC(=O)C(NC(=O)c1ccc(Br)c(S(=O)(=O)N2CCOCC2)c1)c1ccccc1. The molecule has 1 aliphatic rings. The molecule has 0 aliphatic carbocycles. The van der Waals surface area contributed by atoms with E-state index in [1.165, 1.54) is 22.5 Å². The van der Waals surface area contributed by atoms with Gasteiger partial charge in [0.05, 0.1) is 18.1 Å². The Hall–Kier alpha value is -2.27. The third-order valence-corrected chi connectivity index (χ3v) is 7.37. The van der Waals surface area contributed by atoms with Crippen molar-refractivity contribution < 1.29 is 22.7 Å². The lowest BCUT2D eigenvalue weighted by Crippen LogP contribution is -2.41. The molecule has 3 rings (SSSR count). The minimum atomic E-state index is -3.81. The highest BCUT2D eigenvalue weighted by molar-refractivity contribution is 9.10. The summed E-state index contributed by atoms with van der Waals surface area (Å²) in [5.41, 5.74) is 6.07. The van der Waals surface area contributed by atoms with Gasteiger partial charge >= 0.3 is 0 Å². The summed E-state index contributed by atoms with van der Waals surface area (Å²) in [7, 11) is -3.81. The molecule has 1 atom stereocenters. The molecule has 29 heavy (non-hydrogen) atoms. The molecule has 0 aromatic heterocycles. The van der Waals surface area contributed by atoms with Gasteiger partial charge in [-0.25, -0.2) is 8.42 Å². The fraction of sp³-hybridized carbons (Fsp3) is 0.263. The average Bonchev–Trinajstić information content (AvgIpc) is 2.73. The largest absolute Gasteiger partial charge is 0.379 e. The van der Waals surface area contributed by atoms with Gasteiger partial charge in [0.25, 0.3) is 5.91 Å². The normalized spacial score (nSPS) is 16.2. The summed E-state index contributed by atoms with van der Waals surface area (Å²) >= 11 is 3.25. The van der Waals surface area contributed by atoms with Crippen molar-refractivity contribution in [2.75, 3.05) is 26.3 Å². The first-order valence-electron chi connectivity index (χ1n) is 8.83. The Morgan fingerprint density at radius 2 is 1.76 bits per heavy atom. The minimum absolute atomic E-state index is 0.0256. The zero-order chi connectivity index (χ0) is 21.0. The molecule has 10 heteroatoms. The van der Waals surface area contributed by atoms with Crippen LogP contribution in [0.3, 0.4) is 0 Å². The van der Waals surface area contributed by atoms with Crippen molar-refractivity contribution in [1.82, 2.24) is 9.62 Å². The van der Waals surface area contributed by atoms with Crippen LogP contribution in [0.15, 0.2) is 57.9 Å². The van der Waals surface area contributed by atoms with Gasteiger partial charge in [0.1, 0.15) is 6.04 Å². The molecule has 0 spiro atoms. The molecule has 2 aromatic rings. The van der Waals surface area contributed by atoms with Gasteiger partial charge in [0, 0.05) is 23.1 Å². The summed E-state index contributed by atoms with van der Waals surface area (Å²) in [6.45, 7) is 1.11. The van der Waals surface area contributed by atoms with Gasteiger partial charge in [-0.15, -0.1) is 0 Å². The predicted molar refractivity (Wildman–Crippen MR) is 110 cm³/mol. The van der Waals surface area contributed by atoms with E-state index in [0.717, 1.165) is 0 Å². The van der Waals surface area contributed by atoms with Crippen LogP contribution in [0.1, 0.15) is 22.0 Å². The molecule has 3 N–H and O–H groups in total. The van der Waals surface area contributed by atoms with E-state index in [1.807, 2.05) is 0 Å². The minimum Gasteiger partial charge on any atom is -0.379 e. The average molecular weight is 482 g/mol. The Morgan fingerprint density at radius 1 is 1.10 bits per heavy atom. The number of sulfonamides is 1. The van der Waals surface area contributed by atoms with Crippen molar-refractivity contribution in [3.63, 3.8) is 0 Å². The lowest BCUT2D eigenvalue weighted by Gasteiger charge is -2.26. The third kappa shape index (κ3) is 4.84. The summed E-state index contributed by atoms with van der Waals surface area (Å²) in [6, 6.07) is 11.8. The number of carbonyl (C=O) groups is 2. The number of benzene rings is 2. The monoisotopic (exact) mass is 481 g/mol. The number of nitrogens with two attached hydrogens (primary N) is 1. The van der Waals surface area contributed by atoms with Crippen molar-refractivity contribution in [3.05, 3.63) is 64.1 Å². The van der Waals surface area contributed by atoms with Crippen molar-refractivity contribution in [3.8, 4) is 0 Å². The van der Waals surface area contributed by atoms with Gasteiger partial charge in [-0.2, -0.15) is 4.31 Å². The van der Waals surface area contributed by atoms with Crippen LogP contribution in [-0.4, -0.2) is 50.8 Å². The van der Waals surface area contributed by atoms with E-state index in [4.69, 9.17) is 10.5 Å². The van der Waals surface area contributed by atoms with E-state index >= 15 is 0 Å². The fourth-order valence-electron chi connectivity index (χ4n) is 2.95. The highest BCUT2D eigenvalue weighted by Crippen LogP contribution is 2.27. The highest BCUT2D eigenvalue weighted by atomic mass is 79.9. The third-order valence-electron chi connectivity index (χ3n) is 4.47. The lowest BCUT2D eigenvalue weighted by atomic mass is 10.1. The van der Waals surface area contributed by atoms with Crippen LogP contribution >= 0.6 is 15.9 Å². The fourth-order valence-corrected chi connectivity index (χ4v) is 5.31. The van der Waals surface area contributed by atoms with Gasteiger partial charge < -0.3 is 15.8 Å². The van der Waals surface area contributed by atoms with Gasteiger partial charge in [-0.05, 0) is 39.7 Å². The number of carbonyl (C=O) groups excluding carboxylic acids is 2. The smallest absolute Gasteiger partial charge is 0.252 e. The first-order chi connectivity index (χ1) is 13.8. The Labute approximate surface area is 177 Å². The molecule has 1 unspecified atom stereocenters. The van der Waals surface area contributed by atoms with Crippen molar-refractivity contribution in [2.24, 2.45) is 5.73 Å². The summed E-state index contributed by atoms with van der Waals surface area (Å²) in [6.07, 6.45) is 0. The maximum Gasteiger partial charge on any atom is 0.252 e. The van der Waals surface area contributed by atoms with E-state index in [2.05, 4.69) is 21.2 Å². The van der Waals surface area contributed by atoms with Gasteiger partial charge in [-0.1, -0.05) is 30.3 Å². The molecular weight excluding hydrogens is 462 g/mol. The molecule has 0 radical (unpaired) electrons. The molecular formula is C19H20BrN3O5S. The molecule has 1 fully saturated rings. The van der Waals surface area contributed by atoms with Crippen LogP contribution in [0.5, 0.6) is 0 Å². The molecule has 0 bridgehead atoms. The summed E-state index contributed by atoms with van der Waals surface area (Å²) < 4.78 is 32.8. The quantitative estimate of drug-likeness (QED) is 0.646. The molecule has 2 aromatic carbocycles. The number of halogens is 1. The predicted octanol–water partition coefficient (Wildman–Crippen LogP) is 1.43. The number of hydrogen-bond donors (Lipinski definition) is 2. The van der Waals surface area contributed by atoms with Crippen LogP contribution < -0.4 is 11.1 Å². The van der Waals surface area contributed by atoms with Crippen LogP contribution in [0.25, 0.3) is 0 Å². The van der Waals surface area contributed by atoms with E-state index in [9.17, 15) is 18.0 Å². The number of rotatable bonds is 6. The van der Waals surface area contributed by atoms with Crippen LogP contribution in [0.2, 0.25) is 0 Å². The molecule has 8 nitrogen and oxygen atoms in total. The second kappa shape index (κ2) is 9.04. The Morgan fingerprint density at radius 3 is 2.38 bits per heavy atom. The number of hydrogen-bond acceptors (Lipinski definition) is 5. The Bertz CT molecular complexity index is 1010. The molecule has 1 heterocycles. The zero-order valence-electron chi connectivity index (χ0n) is 15.4. The summed E-state index contributed by atoms with van der Waals surface area (Å²) in [4.78, 5) is 24.6. The number of morpholine rings is 1. The maximum atomic E-state index is 13.0. The molecule has 0 saturated carbocycles. The standard InChI is InChI=1S/C19H20BrN3O5S/c20-15-7-6-14(12-16(15)29(26,27)23-8-10-28-11-9-23)19(25)22-17(18(21)24)13-4-2-1-3-5-13/h1-7,12,17H,8-11H2,(H2,21,24)(H,22,25). The molecule has 1 aliphatic heterocycles. The van der Waals surface area contributed by atoms with E-state index in [-0.39, 0.29) is 23.5 Å². The second-order valence-corrected chi connectivity index (χ2v) is 9.14. The van der Waals surface area contributed by atoms with Gasteiger partial charge in [0.2, 0.25) is 15.9 Å². The second-order valence-electron chi connectivity index (χ2n) is 6.38. The Balaban J connectivity index is 1.88. The summed E-state index contributed by atoms with van der Waals surface area (Å²) in [5.74, 6) is -1.33.